The molecule has 0 spiro atoms. The fraction of sp³-hybridized carbons (Fsp3) is 0.500. The van der Waals surface area contributed by atoms with Gasteiger partial charge in [0.1, 0.15) is 45.7 Å². The molecule has 0 aliphatic heterocycles. The number of aromatic hydroxyl groups is 4. The Kier molecular flexibility index (Phi) is 19.2. The van der Waals surface area contributed by atoms with Crippen LogP contribution in [0, 0.1) is 11.8 Å². The van der Waals surface area contributed by atoms with Gasteiger partial charge in [-0.2, -0.15) is 5.10 Å². The summed E-state index contributed by atoms with van der Waals surface area (Å²) in [5.74, 6) is -1.37. The molecule has 2 saturated carbocycles. The Morgan fingerprint density at radius 3 is 1.39 bits per heavy atom. The number of nitrogens with one attached hydrogen (secondary N) is 2. The smallest absolute Gasteiger partial charge is 0.240 e. The average Bonchev–Trinajstić information content (AvgIpc) is 0.724. The Morgan fingerprint density at radius 1 is 0.584 bits per heavy atom. The number of fused-ring (bicyclic) bond motifs is 6. The number of methoxy groups -OCH3 is 2. The molecule has 478 valence electrons. The highest BCUT2D eigenvalue weighted by Crippen LogP contribution is 2.55. The maximum Gasteiger partial charge on any atom is 0.240 e. The van der Waals surface area contributed by atoms with Gasteiger partial charge in [0, 0.05) is 84.0 Å². The minimum absolute atomic E-state index is 0.00474. The highest BCUT2D eigenvalue weighted by atomic mass is 16.5. The van der Waals surface area contributed by atoms with Crippen molar-refractivity contribution in [1.82, 2.24) is 10.9 Å². The lowest BCUT2D eigenvalue weighted by Crippen LogP contribution is -2.49. The van der Waals surface area contributed by atoms with Gasteiger partial charge in [-0.25, -0.2) is 11.3 Å². The van der Waals surface area contributed by atoms with Gasteiger partial charge >= 0.3 is 0 Å². The van der Waals surface area contributed by atoms with Crippen LogP contribution in [0.5, 0.6) is 34.5 Å². The van der Waals surface area contributed by atoms with Crippen molar-refractivity contribution in [2.75, 3.05) is 14.2 Å². The number of carbonyl (C=O) groups is 7. The van der Waals surface area contributed by atoms with Crippen molar-refractivity contribution in [3.05, 3.63) is 103 Å². The van der Waals surface area contributed by atoms with Gasteiger partial charge in [0.15, 0.2) is 17.3 Å². The van der Waals surface area contributed by atoms with Gasteiger partial charge in [-0.3, -0.25) is 39.0 Å². The maximum absolute atomic E-state index is 13.9. The first-order chi connectivity index (χ1) is 42.1. The number of aliphatic hydroxyl groups is 4. The molecule has 4 aromatic carbocycles. The fourth-order valence-corrected chi connectivity index (χ4v) is 13.6. The molecule has 10 unspecified atom stereocenters. The molecule has 25 nitrogen and oxygen atoms in total. The number of hydrogen-bond donors (Lipinski definition) is 13. The quantitative estimate of drug-likeness (QED) is 0.0164. The number of ketones is 5. The number of nitrogens with zero attached hydrogens (tertiary/aromatic N) is 1. The molecule has 0 radical (unpaired) electrons. The summed E-state index contributed by atoms with van der Waals surface area (Å²) in [4.78, 5) is 91.3. The Hall–Kier alpha value is -7.72. The Balaban J connectivity index is 0.000000220. The molecule has 25 heteroatoms. The number of hydrazine groups is 1. The number of carbonyl (C=O) groups excluding carboxylic acids is 7. The molecule has 2 fully saturated rings. The van der Waals surface area contributed by atoms with Gasteiger partial charge in [0.25, 0.3) is 0 Å². The number of rotatable bonds is 16. The molecule has 0 heterocycles. The third kappa shape index (κ3) is 12.3. The van der Waals surface area contributed by atoms with Gasteiger partial charge in [0.05, 0.1) is 89.9 Å². The van der Waals surface area contributed by atoms with E-state index in [0.29, 0.717) is 38.5 Å². The molecule has 6 aliphatic carbocycles. The van der Waals surface area contributed by atoms with Gasteiger partial charge in [-0.1, -0.05) is 51.0 Å². The third-order valence-electron chi connectivity index (χ3n) is 18.6. The van der Waals surface area contributed by atoms with Crippen LogP contribution in [-0.4, -0.2) is 149 Å². The molecule has 0 aromatic heterocycles. The van der Waals surface area contributed by atoms with Crippen LogP contribution in [-0.2, 0) is 36.7 Å². The second kappa shape index (κ2) is 26.0. The zero-order valence-corrected chi connectivity index (χ0v) is 50.4. The molecule has 16 N–H and O–H groups in total. The first kappa shape index (κ1) is 65.7. The summed E-state index contributed by atoms with van der Waals surface area (Å²) in [5.41, 5.74) is 11.6. The molecule has 89 heavy (non-hydrogen) atoms. The van der Waals surface area contributed by atoms with E-state index in [1.54, 1.807) is 0 Å². The van der Waals surface area contributed by atoms with Crippen LogP contribution in [0.15, 0.2) is 41.5 Å². The van der Waals surface area contributed by atoms with Crippen molar-refractivity contribution in [3.63, 3.8) is 0 Å². The predicted molar refractivity (Wildman–Crippen MR) is 318 cm³/mol. The second-order valence-corrected chi connectivity index (χ2v) is 24.6. The SMILES string of the molecule is COc1cccc2c1C(=O)c1c(O)c3c(c(O)c1C2=O)C[C@@](O)(/C(C)=N/NC(=O)CCCCCCC(=O)NN)CC3OC1CC(C)C(O)C(N)C1.COc1cccc2c1C(=O)c1c(O)c3c(c(O)c1C2=O)C[C@@](O)(C(C)=O)CC3OC1CC(C)C(O)C(N)C1. The first-order valence-electron chi connectivity index (χ1n) is 29.8. The van der Waals surface area contributed by atoms with Crippen LogP contribution < -0.4 is 37.6 Å². The molecule has 4 aromatic rings. The van der Waals surface area contributed by atoms with E-state index in [4.69, 9.17) is 36.3 Å². The second-order valence-electron chi connectivity index (χ2n) is 24.6. The Labute approximate surface area is 512 Å². The van der Waals surface area contributed by atoms with Gasteiger partial charge in [0.2, 0.25) is 23.4 Å². The highest BCUT2D eigenvalue weighted by Gasteiger charge is 2.51. The van der Waals surface area contributed by atoms with Crippen molar-refractivity contribution >= 4 is 46.4 Å². The zero-order valence-electron chi connectivity index (χ0n) is 50.4. The van der Waals surface area contributed by atoms with Crippen LogP contribution in [0.25, 0.3) is 0 Å². The standard InChI is InChI=1S/C36H47N5O10.C28H31NO9/c1-17-13-19(14-22(37)31(17)44)51-24-16-36(49,18(2)40-41-26(43)12-7-5-4-6-11-25(42)39-38)15-21-28(24)35(48)30-29(33(21)46)32(45)20-9-8-10-23(50-3)27(20)34(30)47;1-11-7-13(8-16(29)23(11)31)38-18-10-28(36,12(2)30)9-15-20(18)27(35)22-21(25(15)33)24(32)14-5-4-6-17(37-3)19(14)26(22)34/h8-10,17,19,22,24,31,44,46,48-49H,4-7,11-16,37-38H2,1-3H3,(H,39,42)(H,41,43);4-6,11,13,16,18,23,31,33,35-36H,7-10,29H2,1-3H3/b40-18+;/t17?,19?,22?,24?,31?,36-;11?,13?,16?,18?,23?,28-/m00/s1. The number of aliphatic hydroxyl groups excluding tert-OH is 2. The van der Waals surface area contributed by atoms with E-state index in [9.17, 15) is 74.4 Å². The summed E-state index contributed by atoms with van der Waals surface area (Å²) in [5, 5.41) is 94.7. The molecule has 10 rings (SSSR count). The molecular formula is C64H78N6O19. The Morgan fingerprint density at radius 2 is 0.989 bits per heavy atom. The minimum Gasteiger partial charge on any atom is -0.507 e. The summed E-state index contributed by atoms with van der Waals surface area (Å²) >= 11 is 0. The van der Waals surface area contributed by atoms with Gasteiger partial charge in [-0.05, 0) is 76.3 Å². The van der Waals surface area contributed by atoms with Crippen molar-refractivity contribution in [2.45, 2.75) is 177 Å². The van der Waals surface area contributed by atoms with Crippen molar-refractivity contribution < 1.29 is 93.4 Å². The van der Waals surface area contributed by atoms with Crippen LogP contribution in [0.3, 0.4) is 0 Å². The molecule has 2 amide bonds. The highest BCUT2D eigenvalue weighted by molar-refractivity contribution is 6.32. The van der Waals surface area contributed by atoms with Crippen molar-refractivity contribution in [1.29, 1.82) is 0 Å². The normalized spacial score (nSPS) is 27.7. The van der Waals surface area contributed by atoms with Crippen LogP contribution >= 0.6 is 0 Å². The van der Waals surface area contributed by atoms with E-state index in [2.05, 4.69) is 16.0 Å². The monoisotopic (exact) mass is 1230 g/mol. The summed E-state index contributed by atoms with van der Waals surface area (Å²) in [6.07, 6.45) is -1.40. The molecular weight excluding hydrogens is 1160 g/mol. The van der Waals surface area contributed by atoms with E-state index in [0.717, 1.165) is 6.42 Å². The van der Waals surface area contributed by atoms with Crippen molar-refractivity contribution in [2.24, 2.45) is 34.2 Å². The van der Waals surface area contributed by atoms with Crippen LogP contribution in [0.1, 0.15) is 203 Å². The lowest BCUT2D eigenvalue weighted by Gasteiger charge is -2.43. The van der Waals surface area contributed by atoms with E-state index >= 15 is 0 Å². The number of nitrogens with two attached hydrogens (primary N) is 3. The van der Waals surface area contributed by atoms with Gasteiger partial charge < -0.3 is 71.3 Å². The molecule has 0 saturated heterocycles. The number of hydrogen-bond acceptors (Lipinski definition) is 23. The van der Waals surface area contributed by atoms with E-state index in [1.807, 2.05) is 13.8 Å². The maximum atomic E-state index is 13.9. The number of amides is 2. The topological polar surface area (TPSA) is 433 Å². The molecule has 12 atom stereocenters. The van der Waals surface area contributed by atoms with Crippen LogP contribution in [0.4, 0.5) is 0 Å². The van der Waals surface area contributed by atoms with Crippen LogP contribution in [0.2, 0.25) is 0 Å². The third-order valence-corrected chi connectivity index (χ3v) is 18.6. The molecule has 6 aliphatic rings. The number of phenols is 4. The predicted octanol–water partition coefficient (Wildman–Crippen LogP) is 3.62. The van der Waals surface area contributed by atoms with E-state index in [-0.39, 0.29) is 130 Å². The number of phenolic OH excluding ortho intramolecular Hbond substituents is 4. The summed E-state index contributed by atoms with van der Waals surface area (Å²) < 4.78 is 23.5. The summed E-state index contributed by atoms with van der Waals surface area (Å²) in [6, 6.07) is 7.81. The zero-order chi connectivity index (χ0) is 64.9. The Bertz CT molecular complexity index is 3550. The first-order valence-corrected chi connectivity index (χ1v) is 29.8. The van der Waals surface area contributed by atoms with Gasteiger partial charge in [-0.15, -0.1) is 0 Å². The average molecular weight is 1240 g/mol. The lowest BCUT2D eigenvalue weighted by molar-refractivity contribution is -0.146. The van der Waals surface area contributed by atoms with E-state index < -0.39 is 134 Å². The van der Waals surface area contributed by atoms with E-state index in [1.165, 1.54) is 64.5 Å². The number of hydrazone groups is 1. The number of unbranched alkanes of at least 4 members (excludes halogenated alkanes) is 3. The number of ether oxygens (including phenoxy) is 4. The largest absolute Gasteiger partial charge is 0.507 e. The molecule has 0 bridgehead atoms. The van der Waals surface area contributed by atoms with Crippen molar-refractivity contribution in [3.8, 4) is 34.5 Å². The minimum atomic E-state index is -1.94. The fourth-order valence-electron chi connectivity index (χ4n) is 13.6. The summed E-state index contributed by atoms with van der Waals surface area (Å²) in [7, 11) is 2.71. The summed E-state index contributed by atoms with van der Waals surface area (Å²) in [6.45, 7) is 6.38. The lowest BCUT2D eigenvalue weighted by atomic mass is 9.71. The number of benzene rings is 4. The number of Topliss-reactive ketones (excluding diaryl/α,β-unsaturated/α-hetero) is 1.